The SMILES string of the molecule is Cc1cc(/C=N/NC(=O)COc2ccc(-n3cccc3)cc2)cc(Br)c1O. The number of carbonyl (C=O) groups excluding carboxylic acids is 1. The van der Waals surface area contributed by atoms with Crippen molar-refractivity contribution in [2.75, 3.05) is 6.61 Å². The number of nitrogens with zero attached hydrogens (tertiary/aromatic N) is 2. The van der Waals surface area contributed by atoms with E-state index in [0.29, 0.717) is 15.8 Å². The van der Waals surface area contributed by atoms with Crippen molar-refractivity contribution in [3.05, 3.63) is 76.5 Å². The molecular weight excluding hydrogens is 410 g/mol. The molecule has 2 N–H and O–H groups in total. The van der Waals surface area contributed by atoms with Crippen LogP contribution in [0.1, 0.15) is 11.1 Å². The fourth-order valence-electron chi connectivity index (χ4n) is 2.42. The molecule has 1 amide bonds. The van der Waals surface area contributed by atoms with Gasteiger partial charge in [0.25, 0.3) is 5.91 Å². The van der Waals surface area contributed by atoms with Crippen LogP contribution < -0.4 is 10.2 Å². The highest BCUT2D eigenvalue weighted by Crippen LogP contribution is 2.28. The number of carbonyl (C=O) groups is 1. The summed E-state index contributed by atoms with van der Waals surface area (Å²) in [6.45, 7) is 1.64. The Morgan fingerprint density at radius 2 is 1.96 bits per heavy atom. The van der Waals surface area contributed by atoms with E-state index in [1.165, 1.54) is 6.21 Å². The lowest BCUT2D eigenvalue weighted by molar-refractivity contribution is -0.123. The molecule has 0 aliphatic heterocycles. The largest absolute Gasteiger partial charge is 0.506 e. The summed E-state index contributed by atoms with van der Waals surface area (Å²) in [5.74, 6) is 0.422. The van der Waals surface area contributed by atoms with Gasteiger partial charge in [0.1, 0.15) is 11.5 Å². The number of ether oxygens (including phenoxy) is 1. The molecule has 0 spiro atoms. The first kappa shape index (κ1) is 18.7. The summed E-state index contributed by atoms with van der Waals surface area (Å²) in [6, 6.07) is 14.8. The van der Waals surface area contributed by atoms with Crippen molar-refractivity contribution in [3.8, 4) is 17.2 Å². The van der Waals surface area contributed by atoms with Gasteiger partial charge in [-0.15, -0.1) is 0 Å². The number of hydrogen-bond donors (Lipinski definition) is 2. The molecule has 0 saturated heterocycles. The van der Waals surface area contributed by atoms with E-state index in [4.69, 9.17) is 4.74 Å². The number of phenols is 1. The van der Waals surface area contributed by atoms with Gasteiger partial charge in [-0.25, -0.2) is 5.43 Å². The molecule has 6 nitrogen and oxygen atoms in total. The molecule has 1 heterocycles. The van der Waals surface area contributed by atoms with Crippen molar-refractivity contribution >= 4 is 28.1 Å². The van der Waals surface area contributed by atoms with Crippen LogP contribution in [0.4, 0.5) is 0 Å². The fraction of sp³-hybridized carbons (Fsp3) is 0.100. The molecular formula is C20H18BrN3O3. The Bertz CT molecular complexity index is 928. The molecule has 7 heteroatoms. The second-order valence-corrected chi connectivity index (χ2v) is 6.69. The number of rotatable bonds is 6. The van der Waals surface area contributed by atoms with E-state index in [1.54, 1.807) is 19.1 Å². The number of amides is 1. The van der Waals surface area contributed by atoms with E-state index < -0.39 is 0 Å². The number of aryl methyl sites for hydroxylation is 1. The second kappa shape index (κ2) is 8.55. The van der Waals surface area contributed by atoms with Crippen LogP contribution in [0.5, 0.6) is 11.5 Å². The van der Waals surface area contributed by atoms with Gasteiger partial charge in [0, 0.05) is 18.1 Å². The van der Waals surface area contributed by atoms with E-state index in [1.807, 2.05) is 53.4 Å². The minimum Gasteiger partial charge on any atom is -0.506 e. The van der Waals surface area contributed by atoms with Crippen molar-refractivity contribution in [2.24, 2.45) is 5.10 Å². The standard InChI is InChI=1S/C20H18BrN3O3/c1-14-10-15(11-18(21)20(14)26)12-22-23-19(25)13-27-17-6-4-16(5-7-17)24-8-2-3-9-24/h2-12,26H,13H2,1H3,(H,23,25)/b22-12+. The molecule has 0 aliphatic carbocycles. The lowest BCUT2D eigenvalue weighted by Crippen LogP contribution is -2.24. The first-order valence-electron chi connectivity index (χ1n) is 8.20. The van der Waals surface area contributed by atoms with E-state index >= 15 is 0 Å². The number of aromatic hydroxyl groups is 1. The second-order valence-electron chi connectivity index (χ2n) is 5.83. The number of hydrazone groups is 1. The monoisotopic (exact) mass is 427 g/mol. The van der Waals surface area contributed by atoms with Crippen molar-refractivity contribution in [2.45, 2.75) is 6.92 Å². The molecule has 0 fully saturated rings. The first-order chi connectivity index (χ1) is 13.0. The topological polar surface area (TPSA) is 75.8 Å². The Morgan fingerprint density at radius 3 is 2.63 bits per heavy atom. The minimum absolute atomic E-state index is 0.140. The number of halogens is 1. The van der Waals surface area contributed by atoms with Crippen LogP contribution in [-0.4, -0.2) is 28.4 Å². The Labute approximate surface area is 165 Å². The Hall–Kier alpha value is -3.06. The summed E-state index contributed by atoms with van der Waals surface area (Å²) in [6.07, 6.45) is 5.41. The first-order valence-corrected chi connectivity index (χ1v) is 8.99. The number of benzene rings is 2. The third-order valence-corrected chi connectivity index (χ3v) is 4.39. The molecule has 0 aliphatic rings. The summed E-state index contributed by atoms with van der Waals surface area (Å²) in [7, 11) is 0. The quantitative estimate of drug-likeness (QED) is 0.464. The summed E-state index contributed by atoms with van der Waals surface area (Å²) >= 11 is 3.27. The molecule has 3 rings (SSSR count). The van der Waals surface area contributed by atoms with Gasteiger partial charge in [0.2, 0.25) is 0 Å². The lowest BCUT2D eigenvalue weighted by Gasteiger charge is -2.07. The molecule has 0 saturated carbocycles. The van der Waals surface area contributed by atoms with E-state index in [2.05, 4.69) is 26.5 Å². The fourth-order valence-corrected chi connectivity index (χ4v) is 3.00. The van der Waals surface area contributed by atoms with E-state index in [9.17, 15) is 9.90 Å². The molecule has 0 radical (unpaired) electrons. The maximum Gasteiger partial charge on any atom is 0.277 e. The lowest BCUT2D eigenvalue weighted by atomic mass is 10.1. The van der Waals surface area contributed by atoms with Crippen LogP contribution in [0.3, 0.4) is 0 Å². The highest BCUT2D eigenvalue weighted by molar-refractivity contribution is 9.10. The molecule has 27 heavy (non-hydrogen) atoms. The van der Waals surface area contributed by atoms with Crippen LogP contribution >= 0.6 is 15.9 Å². The number of nitrogens with one attached hydrogen (secondary N) is 1. The third kappa shape index (κ3) is 4.98. The van der Waals surface area contributed by atoms with E-state index in [0.717, 1.165) is 11.3 Å². The van der Waals surface area contributed by atoms with E-state index in [-0.39, 0.29) is 18.3 Å². The maximum atomic E-state index is 11.8. The molecule has 2 aromatic carbocycles. The molecule has 138 valence electrons. The van der Waals surface area contributed by atoms with Gasteiger partial charge < -0.3 is 14.4 Å². The maximum absolute atomic E-state index is 11.8. The molecule has 3 aromatic rings. The predicted molar refractivity (Wildman–Crippen MR) is 108 cm³/mol. The number of hydrogen-bond acceptors (Lipinski definition) is 4. The summed E-state index contributed by atoms with van der Waals surface area (Å²) in [4.78, 5) is 11.8. The molecule has 1 aromatic heterocycles. The van der Waals surface area contributed by atoms with Crippen LogP contribution in [0.2, 0.25) is 0 Å². The summed E-state index contributed by atoms with van der Waals surface area (Å²) in [5, 5.41) is 13.6. The Balaban J connectivity index is 1.50. The average molecular weight is 428 g/mol. The van der Waals surface area contributed by atoms with Crippen LogP contribution in [-0.2, 0) is 4.79 Å². The van der Waals surface area contributed by atoms with Gasteiger partial charge in [-0.2, -0.15) is 5.10 Å². The Kier molecular flexibility index (Phi) is 5.93. The normalized spacial score (nSPS) is 10.9. The van der Waals surface area contributed by atoms with Gasteiger partial charge in [0.05, 0.1) is 10.7 Å². The van der Waals surface area contributed by atoms with Gasteiger partial charge in [-0.1, -0.05) is 0 Å². The van der Waals surface area contributed by atoms with Crippen molar-refractivity contribution in [1.29, 1.82) is 0 Å². The van der Waals surface area contributed by atoms with Gasteiger partial charge >= 0.3 is 0 Å². The van der Waals surface area contributed by atoms with Crippen LogP contribution in [0.15, 0.2) is 70.5 Å². The van der Waals surface area contributed by atoms with Crippen molar-refractivity contribution in [1.82, 2.24) is 9.99 Å². The third-order valence-electron chi connectivity index (χ3n) is 3.79. The molecule has 0 unspecified atom stereocenters. The van der Waals surface area contributed by atoms with Gasteiger partial charge in [-0.05, 0) is 82.5 Å². The van der Waals surface area contributed by atoms with Gasteiger partial charge in [-0.3, -0.25) is 4.79 Å². The molecule has 0 bridgehead atoms. The minimum atomic E-state index is -0.365. The highest BCUT2D eigenvalue weighted by atomic mass is 79.9. The molecule has 0 atom stereocenters. The Morgan fingerprint density at radius 1 is 1.26 bits per heavy atom. The average Bonchev–Trinajstić information content (AvgIpc) is 3.19. The number of aromatic nitrogens is 1. The predicted octanol–water partition coefficient (Wildman–Crippen LogP) is 3.78. The smallest absolute Gasteiger partial charge is 0.277 e. The summed E-state index contributed by atoms with van der Waals surface area (Å²) in [5.41, 5.74) is 4.88. The van der Waals surface area contributed by atoms with Gasteiger partial charge in [0.15, 0.2) is 6.61 Å². The van der Waals surface area contributed by atoms with Crippen LogP contribution in [0.25, 0.3) is 5.69 Å². The summed E-state index contributed by atoms with van der Waals surface area (Å²) < 4.78 is 8.01. The zero-order chi connectivity index (χ0) is 19.2. The van der Waals surface area contributed by atoms with Crippen LogP contribution in [0, 0.1) is 6.92 Å². The van der Waals surface area contributed by atoms with Crippen molar-refractivity contribution < 1.29 is 14.6 Å². The number of phenolic OH excluding ortho intramolecular Hbond substituents is 1. The highest BCUT2D eigenvalue weighted by Gasteiger charge is 2.04. The zero-order valence-electron chi connectivity index (χ0n) is 14.6. The van der Waals surface area contributed by atoms with Crippen molar-refractivity contribution in [3.63, 3.8) is 0 Å². The zero-order valence-corrected chi connectivity index (χ0v) is 16.2.